The first kappa shape index (κ1) is 8.91. The summed E-state index contributed by atoms with van der Waals surface area (Å²) in [6.07, 6.45) is 8.73. The van der Waals surface area contributed by atoms with Gasteiger partial charge in [0.2, 0.25) is 0 Å². The summed E-state index contributed by atoms with van der Waals surface area (Å²) in [6.45, 7) is 0. The minimum Gasteiger partial charge on any atom is -0.265 e. The lowest BCUT2D eigenvalue weighted by Gasteiger charge is -2.00. The first-order valence-corrected chi connectivity index (χ1v) is 4.91. The largest absolute Gasteiger partial charge is 0.265 e. The van der Waals surface area contributed by atoms with Crippen molar-refractivity contribution in [3.8, 4) is 11.4 Å². The topological polar surface area (TPSA) is 51.6 Å². The number of nitrogens with zero attached hydrogens (tertiary/aromatic N) is 4. The van der Waals surface area contributed by atoms with Crippen LogP contribution in [0.5, 0.6) is 0 Å². The number of hydrogen-bond donors (Lipinski definition) is 0. The Hall–Kier alpha value is -2.36. The number of rotatable bonds is 1. The Morgan fingerprint density at radius 1 is 0.812 bits per heavy atom. The SMILES string of the molecule is c1cc(-c2ncc3ccncc3n2)ccn1. The molecule has 0 aromatic carbocycles. The van der Waals surface area contributed by atoms with E-state index in [1.807, 2.05) is 18.2 Å². The minimum atomic E-state index is 0.697. The number of hydrogen-bond acceptors (Lipinski definition) is 4. The third-order valence-corrected chi connectivity index (χ3v) is 2.32. The molecule has 0 unspecified atom stereocenters. The van der Waals surface area contributed by atoms with E-state index in [2.05, 4.69) is 19.9 Å². The van der Waals surface area contributed by atoms with Crippen LogP contribution < -0.4 is 0 Å². The molecular formula is C12H8N4. The van der Waals surface area contributed by atoms with Crippen molar-refractivity contribution in [2.24, 2.45) is 0 Å². The van der Waals surface area contributed by atoms with E-state index in [0.717, 1.165) is 16.5 Å². The molecule has 0 aliphatic heterocycles. The first-order chi connectivity index (χ1) is 7.93. The fourth-order valence-corrected chi connectivity index (χ4v) is 1.51. The van der Waals surface area contributed by atoms with Gasteiger partial charge in [0.25, 0.3) is 0 Å². The summed E-state index contributed by atoms with van der Waals surface area (Å²) in [4.78, 5) is 16.8. The molecule has 4 nitrogen and oxygen atoms in total. The van der Waals surface area contributed by atoms with Crippen LogP contribution in [0, 0.1) is 0 Å². The van der Waals surface area contributed by atoms with Crippen molar-refractivity contribution < 1.29 is 0 Å². The van der Waals surface area contributed by atoms with Gasteiger partial charge >= 0.3 is 0 Å². The van der Waals surface area contributed by atoms with E-state index in [9.17, 15) is 0 Å². The summed E-state index contributed by atoms with van der Waals surface area (Å²) >= 11 is 0. The molecule has 0 saturated heterocycles. The second-order valence-electron chi connectivity index (χ2n) is 3.36. The van der Waals surface area contributed by atoms with Crippen LogP contribution >= 0.6 is 0 Å². The highest BCUT2D eigenvalue weighted by atomic mass is 14.9. The Labute approximate surface area is 92.0 Å². The Morgan fingerprint density at radius 2 is 1.62 bits per heavy atom. The predicted molar refractivity (Wildman–Crippen MR) is 60.6 cm³/mol. The standard InChI is InChI=1S/C12H8N4/c1-4-13-5-2-9(1)12-15-7-10-3-6-14-8-11(10)16-12/h1-8H. The molecule has 0 spiro atoms. The smallest absolute Gasteiger partial charge is 0.159 e. The molecule has 0 atom stereocenters. The van der Waals surface area contributed by atoms with E-state index in [-0.39, 0.29) is 0 Å². The van der Waals surface area contributed by atoms with Gasteiger partial charge in [0.1, 0.15) is 0 Å². The summed E-state index contributed by atoms with van der Waals surface area (Å²) in [6, 6.07) is 5.67. The van der Waals surface area contributed by atoms with Gasteiger partial charge in [-0.15, -0.1) is 0 Å². The van der Waals surface area contributed by atoms with Crippen LogP contribution in [0.15, 0.2) is 49.2 Å². The summed E-state index contributed by atoms with van der Waals surface area (Å²) in [5, 5.41) is 0.993. The van der Waals surface area contributed by atoms with Crippen molar-refractivity contribution in [1.29, 1.82) is 0 Å². The molecule has 0 amide bonds. The van der Waals surface area contributed by atoms with E-state index in [4.69, 9.17) is 0 Å². The Balaban J connectivity index is 2.19. The molecule has 0 aliphatic carbocycles. The number of fused-ring (bicyclic) bond motifs is 1. The van der Waals surface area contributed by atoms with Crippen LogP contribution in [0.25, 0.3) is 22.3 Å². The minimum absolute atomic E-state index is 0.697. The van der Waals surface area contributed by atoms with E-state index < -0.39 is 0 Å². The van der Waals surface area contributed by atoms with Crippen molar-refractivity contribution in [3.63, 3.8) is 0 Å². The lowest BCUT2D eigenvalue weighted by molar-refractivity contribution is 1.20. The number of aromatic nitrogens is 4. The maximum Gasteiger partial charge on any atom is 0.159 e. The Bertz CT molecular complexity index is 622. The zero-order valence-corrected chi connectivity index (χ0v) is 8.41. The van der Waals surface area contributed by atoms with Gasteiger partial charge in [0, 0.05) is 35.7 Å². The van der Waals surface area contributed by atoms with Crippen LogP contribution in [-0.4, -0.2) is 19.9 Å². The molecule has 3 rings (SSSR count). The van der Waals surface area contributed by atoms with Crippen LogP contribution in [0.2, 0.25) is 0 Å². The van der Waals surface area contributed by atoms with Crippen molar-refractivity contribution in [2.45, 2.75) is 0 Å². The van der Waals surface area contributed by atoms with E-state index in [1.165, 1.54) is 0 Å². The molecule has 3 heterocycles. The zero-order valence-electron chi connectivity index (χ0n) is 8.41. The molecule has 0 N–H and O–H groups in total. The van der Waals surface area contributed by atoms with Crippen molar-refractivity contribution >= 4 is 10.9 Å². The summed E-state index contributed by atoms with van der Waals surface area (Å²) in [5.41, 5.74) is 1.81. The molecule has 76 valence electrons. The van der Waals surface area contributed by atoms with E-state index >= 15 is 0 Å². The van der Waals surface area contributed by atoms with E-state index in [0.29, 0.717) is 5.82 Å². The Kier molecular flexibility index (Phi) is 2.04. The van der Waals surface area contributed by atoms with Crippen LogP contribution in [0.3, 0.4) is 0 Å². The molecule has 0 saturated carbocycles. The predicted octanol–water partition coefficient (Wildman–Crippen LogP) is 2.09. The second kappa shape index (κ2) is 3.66. The zero-order chi connectivity index (χ0) is 10.8. The van der Waals surface area contributed by atoms with Gasteiger partial charge in [0.05, 0.1) is 11.7 Å². The monoisotopic (exact) mass is 208 g/mol. The molecule has 0 bridgehead atoms. The van der Waals surface area contributed by atoms with Gasteiger partial charge in [-0.2, -0.15) is 0 Å². The third-order valence-electron chi connectivity index (χ3n) is 2.32. The number of pyridine rings is 2. The fraction of sp³-hybridized carbons (Fsp3) is 0. The fourth-order valence-electron chi connectivity index (χ4n) is 1.51. The summed E-state index contributed by atoms with van der Waals surface area (Å²) < 4.78 is 0. The van der Waals surface area contributed by atoms with Gasteiger partial charge < -0.3 is 0 Å². The second-order valence-corrected chi connectivity index (χ2v) is 3.36. The highest BCUT2D eigenvalue weighted by Crippen LogP contribution is 2.16. The van der Waals surface area contributed by atoms with Crippen molar-refractivity contribution in [1.82, 2.24) is 19.9 Å². The maximum absolute atomic E-state index is 4.44. The van der Waals surface area contributed by atoms with Crippen molar-refractivity contribution in [3.05, 3.63) is 49.2 Å². The quantitative estimate of drug-likeness (QED) is 0.614. The average molecular weight is 208 g/mol. The van der Waals surface area contributed by atoms with Crippen LogP contribution in [-0.2, 0) is 0 Å². The van der Waals surface area contributed by atoms with Crippen LogP contribution in [0.4, 0.5) is 0 Å². The molecule has 4 heteroatoms. The summed E-state index contributed by atoms with van der Waals surface area (Å²) in [7, 11) is 0. The van der Waals surface area contributed by atoms with Gasteiger partial charge in [-0.3, -0.25) is 9.97 Å². The van der Waals surface area contributed by atoms with E-state index in [1.54, 1.807) is 31.0 Å². The highest BCUT2D eigenvalue weighted by molar-refractivity contribution is 5.78. The van der Waals surface area contributed by atoms with Crippen molar-refractivity contribution in [2.75, 3.05) is 0 Å². The molecule has 0 aliphatic rings. The summed E-state index contributed by atoms with van der Waals surface area (Å²) in [5.74, 6) is 0.697. The highest BCUT2D eigenvalue weighted by Gasteiger charge is 2.01. The molecule has 0 radical (unpaired) electrons. The first-order valence-electron chi connectivity index (χ1n) is 4.91. The molecule has 3 aromatic heterocycles. The van der Waals surface area contributed by atoms with Gasteiger partial charge in [-0.1, -0.05) is 0 Å². The maximum atomic E-state index is 4.44. The van der Waals surface area contributed by atoms with Crippen LogP contribution in [0.1, 0.15) is 0 Å². The van der Waals surface area contributed by atoms with Gasteiger partial charge in [0.15, 0.2) is 5.82 Å². The van der Waals surface area contributed by atoms with Gasteiger partial charge in [-0.05, 0) is 18.2 Å². The van der Waals surface area contributed by atoms with Gasteiger partial charge in [-0.25, -0.2) is 9.97 Å². The molecule has 3 aromatic rings. The molecule has 0 fully saturated rings. The molecular weight excluding hydrogens is 200 g/mol. The normalized spacial score (nSPS) is 10.5. The average Bonchev–Trinajstić information content (AvgIpc) is 2.39. The third kappa shape index (κ3) is 1.50. The lowest BCUT2D eigenvalue weighted by Crippen LogP contribution is -1.90. The Morgan fingerprint density at radius 3 is 2.50 bits per heavy atom. The molecule has 16 heavy (non-hydrogen) atoms. The lowest BCUT2D eigenvalue weighted by atomic mass is 10.2.